The third kappa shape index (κ3) is 2.62. The lowest BCUT2D eigenvalue weighted by molar-refractivity contribution is -0.122. The first-order valence-corrected chi connectivity index (χ1v) is 6.08. The van der Waals surface area contributed by atoms with E-state index >= 15 is 0 Å². The summed E-state index contributed by atoms with van der Waals surface area (Å²) in [5.74, 6) is 1.08. The van der Waals surface area contributed by atoms with Gasteiger partial charge in [0.05, 0.1) is 5.69 Å². The maximum atomic E-state index is 11.4. The molecule has 0 unspecified atom stereocenters. The van der Waals surface area contributed by atoms with Gasteiger partial charge in [-0.2, -0.15) is 10.4 Å². The van der Waals surface area contributed by atoms with Crippen molar-refractivity contribution in [1.29, 1.82) is 5.26 Å². The van der Waals surface area contributed by atoms with Crippen LogP contribution in [0.2, 0.25) is 0 Å². The molecule has 0 atom stereocenters. The first-order chi connectivity index (χ1) is 8.63. The van der Waals surface area contributed by atoms with Crippen LogP contribution in [0.15, 0.2) is 0 Å². The van der Waals surface area contributed by atoms with E-state index in [9.17, 15) is 4.79 Å². The summed E-state index contributed by atoms with van der Waals surface area (Å²) in [4.78, 5) is 11.4. The van der Waals surface area contributed by atoms with E-state index in [0.717, 1.165) is 12.8 Å². The summed E-state index contributed by atoms with van der Waals surface area (Å²) >= 11 is 0. The summed E-state index contributed by atoms with van der Waals surface area (Å²) < 4.78 is 1.65. The molecular weight excluding hydrogens is 230 g/mol. The van der Waals surface area contributed by atoms with Crippen molar-refractivity contribution in [2.24, 2.45) is 13.0 Å². The summed E-state index contributed by atoms with van der Waals surface area (Å²) in [5.41, 5.74) is 1.27. The lowest BCUT2D eigenvalue weighted by atomic mass is 10.2. The molecule has 0 radical (unpaired) electrons. The normalized spacial score (nSPS) is 14.1. The largest absolute Gasteiger partial charge is 0.367 e. The number of hydrogen-bond donors (Lipinski definition) is 2. The van der Waals surface area contributed by atoms with Crippen LogP contribution in [0.5, 0.6) is 0 Å². The summed E-state index contributed by atoms with van der Waals surface area (Å²) in [6.45, 7) is 2.95. The van der Waals surface area contributed by atoms with Crippen molar-refractivity contribution in [3.8, 4) is 6.07 Å². The SMILES string of the molecule is Cc1nn(C)c(NCCNC(=O)C2CC2)c1C#N. The van der Waals surface area contributed by atoms with Crippen LogP contribution in [0.4, 0.5) is 5.82 Å². The zero-order valence-electron chi connectivity index (χ0n) is 10.7. The van der Waals surface area contributed by atoms with Crippen molar-refractivity contribution in [1.82, 2.24) is 15.1 Å². The second-order valence-electron chi connectivity index (χ2n) is 4.54. The Kier molecular flexibility index (Phi) is 3.51. The number of nitrogens with zero attached hydrogens (tertiary/aromatic N) is 3. The van der Waals surface area contributed by atoms with Gasteiger partial charge in [-0.15, -0.1) is 0 Å². The molecule has 6 nitrogen and oxygen atoms in total. The zero-order valence-corrected chi connectivity index (χ0v) is 10.7. The minimum Gasteiger partial charge on any atom is -0.367 e. The third-order valence-electron chi connectivity index (χ3n) is 3.00. The van der Waals surface area contributed by atoms with Gasteiger partial charge in [0.2, 0.25) is 5.91 Å². The first kappa shape index (κ1) is 12.4. The molecule has 6 heteroatoms. The van der Waals surface area contributed by atoms with Crippen LogP contribution in [0.3, 0.4) is 0 Å². The molecule has 96 valence electrons. The van der Waals surface area contributed by atoms with E-state index in [2.05, 4.69) is 21.8 Å². The van der Waals surface area contributed by atoms with Crippen molar-refractivity contribution >= 4 is 11.7 Å². The summed E-state index contributed by atoms with van der Waals surface area (Å²) in [7, 11) is 1.79. The molecule has 1 amide bonds. The van der Waals surface area contributed by atoms with Gasteiger partial charge in [0.25, 0.3) is 0 Å². The van der Waals surface area contributed by atoms with Gasteiger partial charge in [0, 0.05) is 26.1 Å². The molecule has 1 aliphatic rings. The van der Waals surface area contributed by atoms with Gasteiger partial charge in [-0.05, 0) is 19.8 Å². The lowest BCUT2D eigenvalue weighted by Crippen LogP contribution is -2.30. The summed E-state index contributed by atoms with van der Waals surface area (Å²) in [6.07, 6.45) is 2.03. The van der Waals surface area contributed by atoms with E-state index in [-0.39, 0.29) is 11.8 Å². The topological polar surface area (TPSA) is 82.7 Å². The van der Waals surface area contributed by atoms with E-state index in [1.807, 2.05) is 0 Å². The Morgan fingerprint density at radius 1 is 1.56 bits per heavy atom. The Morgan fingerprint density at radius 3 is 2.89 bits per heavy atom. The van der Waals surface area contributed by atoms with Crippen LogP contribution < -0.4 is 10.6 Å². The molecular formula is C12H17N5O. The van der Waals surface area contributed by atoms with E-state index < -0.39 is 0 Å². The average molecular weight is 247 g/mol. The number of anilines is 1. The highest BCUT2D eigenvalue weighted by molar-refractivity contribution is 5.80. The van der Waals surface area contributed by atoms with Crippen LogP contribution >= 0.6 is 0 Å². The van der Waals surface area contributed by atoms with Gasteiger partial charge in [-0.1, -0.05) is 0 Å². The van der Waals surface area contributed by atoms with Crippen LogP contribution in [0.25, 0.3) is 0 Å². The van der Waals surface area contributed by atoms with Crippen molar-refractivity contribution in [3.05, 3.63) is 11.3 Å². The highest BCUT2D eigenvalue weighted by atomic mass is 16.2. The monoisotopic (exact) mass is 247 g/mol. The average Bonchev–Trinajstić information content (AvgIpc) is 3.12. The fourth-order valence-corrected chi connectivity index (χ4v) is 1.85. The molecule has 2 rings (SSSR count). The number of aromatic nitrogens is 2. The van der Waals surface area contributed by atoms with Crippen molar-refractivity contribution < 1.29 is 4.79 Å². The van der Waals surface area contributed by atoms with Crippen LogP contribution in [-0.2, 0) is 11.8 Å². The second kappa shape index (κ2) is 5.08. The van der Waals surface area contributed by atoms with Gasteiger partial charge >= 0.3 is 0 Å². The van der Waals surface area contributed by atoms with Crippen molar-refractivity contribution in [2.45, 2.75) is 19.8 Å². The molecule has 1 saturated carbocycles. The molecule has 1 fully saturated rings. The van der Waals surface area contributed by atoms with Gasteiger partial charge in [-0.25, -0.2) is 0 Å². The number of carbonyl (C=O) groups is 1. The predicted octanol–water partition coefficient (Wildman–Crippen LogP) is 0.538. The quantitative estimate of drug-likeness (QED) is 0.744. The maximum Gasteiger partial charge on any atom is 0.223 e. The summed E-state index contributed by atoms with van der Waals surface area (Å²) in [6, 6.07) is 2.13. The number of hydrogen-bond acceptors (Lipinski definition) is 4. The number of nitrogens with one attached hydrogen (secondary N) is 2. The zero-order chi connectivity index (χ0) is 13.1. The Labute approximate surface area is 106 Å². The second-order valence-corrected chi connectivity index (χ2v) is 4.54. The van der Waals surface area contributed by atoms with E-state index in [4.69, 9.17) is 5.26 Å². The number of carbonyl (C=O) groups excluding carboxylic acids is 1. The standard InChI is InChI=1S/C12H17N5O/c1-8-10(7-13)11(17(2)16-8)14-5-6-15-12(18)9-3-4-9/h9,14H,3-6H2,1-2H3,(H,15,18). The van der Waals surface area contributed by atoms with Gasteiger partial charge in [0.1, 0.15) is 17.5 Å². The van der Waals surface area contributed by atoms with Gasteiger partial charge in [0.15, 0.2) is 0 Å². The molecule has 1 aliphatic carbocycles. The van der Waals surface area contributed by atoms with Crippen molar-refractivity contribution in [2.75, 3.05) is 18.4 Å². The smallest absolute Gasteiger partial charge is 0.223 e. The van der Waals surface area contributed by atoms with E-state index in [1.165, 1.54) is 0 Å². The molecule has 0 spiro atoms. The predicted molar refractivity (Wildman–Crippen MR) is 66.9 cm³/mol. The molecule has 1 aromatic heterocycles. The van der Waals surface area contributed by atoms with E-state index in [1.54, 1.807) is 18.7 Å². The van der Waals surface area contributed by atoms with Crippen LogP contribution in [0.1, 0.15) is 24.1 Å². The molecule has 2 N–H and O–H groups in total. The number of nitriles is 1. The molecule has 0 aliphatic heterocycles. The fraction of sp³-hybridized carbons (Fsp3) is 0.583. The van der Waals surface area contributed by atoms with E-state index in [0.29, 0.717) is 30.2 Å². The number of aryl methyl sites for hydroxylation is 2. The Morgan fingerprint density at radius 2 is 2.28 bits per heavy atom. The highest BCUT2D eigenvalue weighted by Gasteiger charge is 2.28. The molecule has 0 aromatic carbocycles. The third-order valence-corrected chi connectivity index (χ3v) is 3.00. The molecule has 1 aromatic rings. The molecule has 0 bridgehead atoms. The molecule has 18 heavy (non-hydrogen) atoms. The van der Waals surface area contributed by atoms with Crippen LogP contribution in [-0.4, -0.2) is 28.8 Å². The first-order valence-electron chi connectivity index (χ1n) is 6.08. The lowest BCUT2D eigenvalue weighted by Gasteiger charge is -2.08. The Bertz CT molecular complexity index is 495. The fourth-order valence-electron chi connectivity index (χ4n) is 1.85. The molecule has 0 saturated heterocycles. The maximum absolute atomic E-state index is 11.4. The number of rotatable bonds is 5. The Hall–Kier alpha value is -2.03. The minimum atomic E-state index is 0.137. The number of amides is 1. The minimum absolute atomic E-state index is 0.137. The Balaban J connectivity index is 1.83. The van der Waals surface area contributed by atoms with Crippen molar-refractivity contribution in [3.63, 3.8) is 0 Å². The summed E-state index contributed by atoms with van der Waals surface area (Å²) in [5, 5.41) is 19.2. The van der Waals surface area contributed by atoms with Gasteiger partial charge in [-0.3, -0.25) is 9.48 Å². The van der Waals surface area contributed by atoms with Crippen LogP contribution in [0, 0.1) is 24.2 Å². The van der Waals surface area contributed by atoms with Gasteiger partial charge < -0.3 is 10.6 Å². The molecule has 1 heterocycles. The highest BCUT2D eigenvalue weighted by Crippen LogP contribution is 2.28.